The van der Waals surface area contributed by atoms with Crippen LogP contribution in [0.5, 0.6) is 5.75 Å². The number of methoxy groups -OCH3 is 1. The Kier molecular flexibility index (Phi) is 7.41. The molecule has 0 unspecified atom stereocenters. The second-order valence-corrected chi connectivity index (χ2v) is 7.87. The molecule has 7 heteroatoms. The Hall–Kier alpha value is -2.67. The van der Waals surface area contributed by atoms with Crippen molar-refractivity contribution in [2.45, 2.75) is 38.0 Å². The van der Waals surface area contributed by atoms with Gasteiger partial charge in [0.2, 0.25) is 5.91 Å². The van der Waals surface area contributed by atoms with E-state index in [0.717, 1.165) is 36.1 Å². The van der Waals surface area contributed by atoms with Crippen LogP contribution >= 0.6 is 11.8 Å². The van der Waals surface area contributed by atoms with Gasteiger partial charge in [0, 0.05) is 0 Å². The van der Waals surface area contributed by atoms with Gasteiger partial charge in [-0.3, -0.25) is 9.69 Å². The van der Waals surface area contributed by atoms with Gasteiger partial charge in [-0.05, 0) is 53.9 Å². The standard InChI is InChI=1S/C22H24FN3O2S/c1-3-4-5-20-21(27)26(15-17-6-10-18(23)11-7-17)22(29-20)25-24-14-16-8-12-19(28-2)13-9-16/h6-14,20H,3-5,15H2,1-2H3/b24-14-,25-22+/t20-/m0/s1. The lowest BCUT2D eigenvalue weighted by atomic mass is 10.1. The van der Waals surface area contributed by atoms with Gasteiger partial charge in [-0.25, -0.2) is 4.39 Å². The van der Waals surface area contributed by atoms with Crippen molar-refractivity contribution >= 4 is 29.1 Å². The molecular formula is C22H24FN3O2S. The average molecular weight is 414 g/mol. The number of amides is 1. The maximum Gasteiger partial charge on any atom is 0.242 e. The van der Waals surface area contributed by atoms with Gasteiger partial charge in [-0.1, -0.05) is 43.7 Å². The highest BCUT2D eigenvalue weighted by molar-refractivity contribution is 8.15. The number of rotatable bonds is 8. The lowest BCUT2D eigenvalue weighted by molar-refractivity contribution is -0.126. The minimum Gasteiger partial charge on any atom is -0.497 e. The third-order valence-electron chi connectivity index (χ3n) is 4.56. The molecule has 2 aromatic carbocycles. The van der Waals surface area contributed by atoms with Crippen molar-refractivity contribution in [3.63, 3.8) is 0 Å². The van der Waals surface area contributed by atoms with Crippen LogP contribution in [0.2, 0.25) is 0 Å². The van der Waals surface area contributed by atoms with Crippen LogP contribution in [0.3, 0.4) is 0 Å². The largest absolute Gasteiger partial charge is 0.497 e. The smallest absolute Gasteiger partial charge is 0.242 e. The molecule has 1 heterocycles. The summed E-state index contributed by atoms with van der Waals surface area (Å²) in [6.07, 6.45) is 4.47. The predicted molar refractivity (Wildman–Crippen MR) is 116 cm³/mol. The van der Waals surface area contributed by atoms with E-state index in [1.165, 1.54) is 23.9 Å². The molecule has 29 heavy (non-hydrogen) atoms. The zero-order valence-electron chi connectivity index (χ0n) is 16.5. The monoisotopic (exact) mass is 413 g/mol. The molecule has 1 aliphatic rings. The minimum atomic E-state index is -0.297. The molecular weight excluding hydrogens is 389 g/mol. The SMILES string of the molecule is CCCC[C@@H]1S/C(=N/N=C\c2ccc(OC)cc2)N(Cc2ccc(F)cc2)C1=O. The van der Waals surface area contributed by atoms with E-state index in [9.17, 15) is 9.18 Å². The normalized spacial score (nSPS) is 18.2. The van der Waals surface area contributed by atoms with Crippen LogP contribution in [0.25, 0.3) is 0 Å². The summed E-state index contributed by atoms with van der Waals surface area (Å²) in [7, 11) is 1.62. The summed E-state index contributed by atoms with van der Waals surface area (Å²) in [5.41, 5.74) is 1.74. The summed E-state index contributed by atoms with van der Waals surface area (Å²) in [6.45, 7) is 2.46. The zero-order chi connectivity index (χ0) is 20.6. The lowest BCUT2D eigenvalue weighted by Crippen LogP contribution is -2.31. The van der Waals surface area contributed by atoms with E-state index in [1.54, 1.807) is 30.4 Å². The number of unbranched alkanes of at least 4 members (excludes halogenated alkanes) is 1. The molecule has 0 aromatic heterocycles. The van der Waals surface area contributed by atoms with E-state index in [4.69, 9.17) is 4.74 Å². The van der Waals surface area contributed by atoms with Crippen LogP contribution in [0.4, 0.5) is 4.39 Å². The summed E-state index contributed by atoms with van der Waals surface area (Å²) in [6, 6.07) is 13.6. The Morgan fingerprint density at radius 1 is 1.17 bits per heavy atom. The number of nitrogens with zero attached hydrogens (tertiary/aromatic N) is 3. The van der Waals surface area contributed by atoms with Crippen LogP contribution in [0.15, 0.2) is 58.7 Å². The van der Waals surface area contributed by atoms with Crippen molar-refractivity contribution in [3.05, 3.63) is 65.5 Å². The molecule has 1 amide bonds. The van der Waals surface area contributed by atoms with Crippen LogP contribution in [0, 0.1) is 5.82 Å². The molecule has 1 aliphatic heterocycles. The predicted octanol–water partition coefficient (Wildman–Crippen LogP) is 4.86. The number of hydrogen-bond donors (Lipinski definition) is 0. The highest BCUT2D eigenvalue weighted by atomic mass is 32.2. The van der Waals surface area contributed by atoms with Crippen molar-refractivity contribution in [2.75, 3.05) is 7.11 Å². The summed E-state index contributed by atoms with van der Waals surface area (Å²) in [5.74, 6) is 0.510. The van der Waals surface area contributed by atoms with Crippen molar-refractivity contribution < 1.29 is 13.9 Å². The Labute approximate surface area is 174 Å². The molecule has 3 rings (SSSR count). The molecule has 152 valence electrons. The highest BCUT2D eigenvalue weighted by Crippen LogP contribution is 2.32. The van der Waals surface area contributed by atoms with Crippen molar-refractivity contribution in [1.29, 1.82) is 0 Å². The van der Waals surface area contributed by atoms with Crippen LogP contribution in [0.1, 0.15) is 37.3 Å². The van der Waals surface area contributed by atoms with E-state index in [2.05, 4.69) is 17.1 Å². The first-order chi connectivity index (χ1) is 14.1. The fourth-order valence-electron chi connectivity index (χ4n) is 2.91. The molecule has 0 radical (unpaired) electrons. The average Bonchev–Trinajstić information content (AvgIpc) is 3.03. The topological polar surface area (TPSA) is 54.3 Å². The van der Waals surface area contributed by atoms with E-state index in [1.807, 2.05) is 24.3 Å². The molecule has 0 saturated carbocycles. The van der Waals surface area contributed by atoms with Crippen LogP contribution in [-0.2, 0) is 11.3 Å². The van der Waals surface area contributed by atoms with Crippen LogP contribution in [-0.4, -0.2) is 34.5 Å². The maximum atomic E-state index is 13.2. The van der Waals surface area contributed by atoms with E-state index in [-0.39, 0.29) is 17.0 Å². The number of ether oxygens (including phenoxy) is 1. The van der Waals surface area contributed by atoms with E-state index < -0.39 is 0 Å². The molecule has 1 fully saturated rings. The third kappa shape index (κ3) is 5.67. The Bertz CT molecular complexity index is 882. The summed E-state index contributed by atoms with van der Waals surface area (Å²) < 4.78 is 18.3. The molecule has 2 aromatic rings. The van der Waals surface area contributed by atoms with Crippen LogP contribution < -0.4 is 4.74 Å². The Morgan fingerprint density at radius 3 is 2.55 bits per heavy atom. The fraction of sp³-hybridized carbons (Fsp3) is 0.318. The second kappa shape index (κ2) is 10.2. The van der Waals surface area contributed by atoms with Crippen molar-refractivity contribution in [1.82, 2.24) is 4.90 Å². The fourth-order valence-corrected chi connectivity index (χ4v) is 4.05. The molecule has 0 spiro atoms. The summed E-state index contributed by atoms with van der Waals surface area (Å²) in [5, 5.41) is 8.92. The summed E-state index contributed by atoms with van der Waals surface area (Å²) >= 11 is 1.45. The molecule has 1 saturated heterocycles. The van der Waals surface area contributed by atoms with Crippen molar-refractivity contribution in [2.24, 2.45) is 10.2 Å². The van der Waals surface area contributed by atoms with Gasteiger partial charge >= 0.3 is 0 Å². The number of carbonyl (C=O) groups excluding carboxylic acids is 1. The van der Waals surface area contributed by atoms with Crippen molar-refractivity contribution in [3.8, 4) is 5.75 Å². The quantitative estimate of drug-likeness (QED) is 0.459. The highest BCUT2D eigenvalue weighted by Gasteiger charge is 2.37. The minimum absolute atomic E-state index is 0.0335. The molecule has 0 aliphatic carbocycles. The van der Waals surface area contributed by atoms with Gasteiger partial charge in [0.05, 0.1) is 25.1 Å². The number of hydrogen-bond acceptors (Lipinski definition) is 5. The molecule has 0 bridgehead atoms. The number of thioether (sulfide) groups is 1. The molecule has 5 nitrogen and oxygen atoms in total. The number of benzene rings is 2. The molecule has 1 atom stereocenters. The Balaban J connectivity index is 1.77. The van der Waals surface area contributed by atoms with Gasteiger partial charge < -0.3 is 4.74 Å². The van der Waals surface area contributed by atoms with E-state index >= 15 is 0 Å². The third-order valence-corrected chi connectivity index (χ3v) is 5.79. The van der Waals surface area contributed by atoms with Gasteiger partial charge in [0.15, 0.2) is 5.17 Å². The maximum absolute atomic E-state index is 13.2. The zero-order valence-corrected chi connectivity index (χ0v) is 17.4. The Morgan fingerprint density at radius 2 is 1.90 bits per heavy atom. The second-order valence-electron chi connectivity index (χ2n) is 6.70. The van der Waals surface area contributed by atoms with Gasteiger partial charge in [0.25, 0.3) is 0 Å². The van der Waals surface area contributed by atoms with E-state index in [0.29, 0.717) is 11.7 Å². The first-order valence-corrected chi connectivity index (χ1v) is 10.5. The van der Waals surface area contributed by atoms with Gasteiger partial charge in [0.1, 0.15) is 11.6 Å². The number of carbonyl (C=O) groups is 1. The first-order valence-electron chi connectivity index (χ1n) is 9.58. The molecule has 0 N–H and O–H groups in total. The summed E-state index contributed by atoms with van der Waals surface area (Å²) in [4.78, 5) is 14.5. The van der Waals surface area contributed by atoms with Gasteiger partial charge in [-0.2, -0.15) is 5.10 Å². The number of halogens is 1. The number of amidine groups is 1. The lowest BCUT2D eigenvalue weighted by Gasteiger charge is -2.15. The van der Waals surface area contributed by atoms with Gasteiger partial charge in [-0.15, -0.1) is 5.10 Å². The first kappa shape index (κ1) is 21.0.